The summed E-state index contributed by atoms with van der Waals surface area (Å²) >= 11 is 0. The lowest BCUT2D eigenvalue weighted by molar-refractivity contribution is -0.161. The number of aliphatic hydroxyl groups is 1. The second-order valence-electron chi connectivity index (χ2n) is 17.6. The van der Waals surface area contributed by atoms with Crippen molar-refractivity contribution in [3.63, 3.8) is 0 Å². The van der Waals surface area contributed by atoms with Crippen LogP contribution in [0.15, 0.2) is 109 Å². The summed E-state index contributed by atoms with van der Waals surface area (Å²) in [4.78, 5) is 24.4. The van der Waals surface area contributed by atoms with Crippen molar-refractivity contribution in [3.8, 4) is 0 Å². The van der Waals surface area contributed by atoms with Gasteiger partial charge in [0.2, 0.25) is 0 Å². The minimum Gasteiger partial charge on any atom is -0.462 e. The molecule has 370 valence electrons. The average molecular weight is 901 g/mol. The standard InChI is InChI=1S/C60H100O5/c1-3-5-7-9-11-13-15-17-19-20-21-22-23-24-25-26-27-28-29-30-31-32-33-34-35-36-37-38-39-40-41-43-45-47-49-51-53-55-60(63)65-58(56-61)57-64-59(62)54-52-50-48-46-44-42-18-16-14-12-10-8-6-4-2/h5,7,11,13,17,19,21-22,24-25,27-28,30-31,33-34,36-37,58,61H,3-4,6,8-10,12,14-16,18,20,23,26,29,32,35,38-57H2,1-2H3/b7-5-,13-11-,19-17-,22-21-,25-24-,28-27-,31-30-,34-33-,37-36-. The fourth-order valence-electron chi connectivity index (χ4n) is 7.31. The number of rotatable bonds is 48. The van der Waals surface area contributed by atoms with E-state index in [1.807, 2.05) is 0 Å². The lowest BCUT2D eigenvalue weighted by Gasteiger charge is -2.15. The molecule has 0 spiro atoms. The molecular weight excluding hydrogens is 801 g/mol. The summed E-state index contributed by atoms with van der Waals surface area (Å²) in [6, 6.07) is 0. The van der Waals surface area contributed by atoms with Crippen LogP contribution in [0.4, 0.5) is 0 Å². The van der Waals surface area contributed by atoms with Gasteiger partial charge in [-0.15, -0.1) is 0 Å². The molecule has 0 aliphatic carbocycles. The maximum absolute atomic E-state index is 12.3. The molecule has 5 nitrogen and oxygen atoms in total. The molecule has 65 heavy (non-hydrogen) atoms. The molecular formula is C60H100O5. The van der Waals surface area contributed by atoms with Gasteiger partial charge in [-0.25, -0.2) is 0 Å². The van der Waals surface area contributed by atoms with E-state index in [9.17, 15) is 14.7 Å². The maximum Gasteiger partial charge on any atom is 0.306 e. The molecule has 0 saturated heterocycles. The Morgan fingerprint density at radius 2 is 0.662 bits per heavy atom. The molecule has 1 atom stereocenters. The van der Waals surface area contributed by atoms with Crippen molar-refractivity contribution in [1.29, 1.82) is 0 Å². The molecule has 0 aromatic carbocycles. The van der Waals surface area contributed by atoms with Crippen molar-refractivity contribution in [2.75, 3.05) is 13.2 Å². The fourth-order valence-corrected chi connectivity index (χ4v) is 7.31. The molecule has 0 aromatic heterocycles. The minimum absolute atomic E-state index is 0.0704. The van der Waals surface area contributed by atoms with Crippen molar-refractivity contribution >= 4 is 11.9 Å². The van der Waals surface area contributed by atoms with E-state index in [-0.39, 0.29) is 25.2 Å². The summed E-state index contributed by atoms with van der Waals surface area (Å²) in [5.74, 6) is -0.597. The zero-order valence-electron chi connectivity index (χ0n) is 42.2. The van der Waals surface area contributed by atoms with Crippen LogP contribution < -0.4 is 0 Å². The van der Waals surface area contributed by atoms with Crippen LogP contribution in [0.25, 0.3) is 0 Å². The van der Waals surface area contributed by atoms with E-state index in [1.54, 1.807) is 0 Å². The molecule has 0 aliphatic rings. The molecule has 0 aromatic rings. The third-order valence-corrected chi connectivity index (χ3v) is 11.3. The predicted octanol–water partition coefficient (Wildman–Crippen LogP) is 18.1. The van der Waals surface area contributed by atoms with Gasteiger partial charge in [0.25, 0.3) is 0 Å². The Kier molecular flexibility index (Phi) is 52.0. The Balaban J connectivity index is 3.58. The van der Waals surface area contributed by atoms with Crippen LogP contribution in [0.5, 0.6) is 0 Å². The third kappa shape index (κ3) is 53.1. The highest BCUT2D eigenvalue weighted by Crippen LogP contribution is 2.15. The number of aliphatic hydroxyl groups excluding tert-OH is 1. The van der Waals surface area contributed by atoms with Crippen LogP contribution >= 0.6 is 0 Å². The molecule has 0 bridgehead atoms. The van der Waals surface area contributed by atoms with E-state index in [2.05, 4.69) is 123 Å². The topological polar surface area (TPSA) is 72.8 Å². The molecule has 0 radical (unpaired) electrons. The summed E-state index contributed by atoms with van der Waals surface area (Å²) in [7, 11) is 0. The number of ether oxygens (including phenoxy) is 2. The Morgan fingerprint density at radius 3 is 1.00 bits per heavy atom. The van der Waals surface area contributed by atoms with Gasteiger partial charge in [-0.3, -0.25) is 9.59 Å². The Labute approximate surface area is 401 Å². The van der Waals surface area contributed by atoms with E-state index < -0.39 is 6.10 Å². The molecule has 0 aliphatic heterocycles. The number of allylic oxidation sites excluding steroid dienone is 18. The summed E-state index contributed by atoms with van der Waals surface area (Å²) in [6.45, 7) is 4.02. The van der Waals surface area contributed by atoms with Gasteiger partial charge in [0, 0.05) is 12.8 Å². The Bertz CT molecular complexity index is 1290. The van der Waals surface area contributed by atoms with Crippen LogP contribution in [0.2, 0.25) is 0 Å². The highest BCUT2D eigenvalue weighted by Gasteiger charge is 2.16. The third-order valence-electron chi connectivity index (χ3n) is 11.3. The number of hydrogen-bond acceptors (Lipinski definition) is 5. The van der Waals surface area contributed by atoms with E-state index in [4.69, 9.17) is 9.47 Å². The lowest BCUT2D eigenvalue weighted by atomic mass is 10.0. The molecule has 0 heterocycles. The monoisotopic (exact) mass is 901 g/mol. The van der Waals surface area contributed by atoms with Gasteiger partial charge < -0.3 is 14.6 Å². The SMILES string of the molecule is CC/C=C\C/C=C\C/C=C\C/C=C\C/C=C\C/C=C\C/C=C\C/C=C\C/C=C\CCCCCCCCCCCC(=O)OC(CO)COC(=O)CCCCCCCCCCCCCCCC. The van der Waals surface area contributed by atoms with Gasteiger partial charge in [0.15, 0.2) is 6.10 Å². The first-order valence-electron chi connectivity index (χ1n) is 26.9. The Hall–Kier alpha value is -3.44. The zero-order chi connectivity index (χ0) is 47.0. The number of carbonyl (C=O) groups excluding carboxylic acids is 2. The highest BCUT2D eigenvalue weighted by atomic mass is 16.6. The van der Waals surface area contributed by atoms with Crippen molar-refractivity contribution in [2.24, 2.45) is 0 Å². The Morgan fingerprint density at radius 1 is 0.369 bits per heavy atom. The summed E-state index contributed by atoms with van der Waals surface area (Å²) in [5.41, 5.74) is 0. The smallest absolute Gasteiger partial charge is 0.306 e. The van der Waals surface area contributed by atoms with Crippen LogP contribution in [-0.4, -0.2) is 36.4 Å². The average Bonchev–Trinajstić information content (AvgIpc) is 3.31. The van der Waals surface area contributed by atoms with Gasteiger partial charge in [-0.05, 0) is 83.5 Å². The van der Waals surface area contributed by atoms with Crippen LogP contribution in [0.1, 0.15) is 239 Å². The second kappa shape index (κ2) is 54.9. The quantitative estimate of drug-likeness (QED) is 0.0374. The van der Waals surface area contributed by atoms with Crippen molar-refractivity contribution in [1.82, 2.24) is 0 Å². The van der Waals surface area contributed by atoms with Crippen LogP contribution in [-0.2, 0) is 19.1 Å². The second-order valence-corrected chi connectivity index (χ2v) is 17.6. The van der Waals surface area contributed by atoms with Gasteiger partial charge in [0.05, 0.1) is 6.61 Å². The summed E-state index contributed by atoms with van der Waals surface area (Å²) in [5, 5.41) is 9.62. The number of esters is 2. The number of carbonyl (C=O) groups is 2. The zero-order valence-corrected chi connectivity index (χ0v) is 42.2. The van der Waals surface area contributed by atoms with Crippen LogP contribution in [0.3, 0.4) is 0 Å². The van der Waals surface area contributed by atoms with E-state index in [1.165, 1.54) is 109 Å². The molecule has 0 saturated carbocycles. The van der Waals surface area contributed by atoms with Crippen molar-refractivity contribution < 1.29 is 24.2 Å². The molecule has 0 rings (SSSR count). The first kappa shape index (κ1) is 61.6. The van der Waals surface area contributed by atoms with E-state index >= 15 is 0 Å². The van der Waals surface area contributed by atoms with Crippen molar-refractivity contribution in [3.05, 3.63) is 109 Å². The summed E-state index contributed by atoms with van der Waals surface area (Å²) < 4.78 is 10.7. The molecule has 1 unspecified atom stereocenters. The first-order chi connectivity index (χ1) is 32.1. The number of unbranched alkanes of at least 4 members (excludes halogenated alkanes) is 22. The minimum atomic E-state index is -0.779. The fraction of sp³-hybridized carbons (Fsp3) is 0.667. The number of hydrogen-bond donors (Lipinski definition) is 1. The normalized spacial score (nSPS) is 13.1. The van der Waals surface area contributed by atoms with Gasteiger partial charge in [0.1, 0.15) is 6.61 Å². The molecule has 5 heteroatoms. The van der Waals surface area contributed by atoms with E-state index in [0.717, 1.165) is 103 Å². The summed E-state index contributed by atoms with van der Waals surface area (Å²) in [6.07, 6.45) is 79.0. The first-order valence-corrected chi connectivity index (χ1v) is 26.9. The van der Waals surface area contributed by atoms with Crippen LogP contribution in [0, 0.1) is 0 Å². The molecule has 0 fully saturated rings. The highest BCUT2D eigenvalue weighted by molar-refractivity contribution is 5.70. The maximum atomic E-state index is 12.3. The predicted molar refractivity (Wildman–Crippen MR) is 283 cm³/mol. The van der Waals surface area contributed by atoms with E-state index in [0.29, 0.717) is 12.8 Å². The van der Waals surface area contributed by atoms with Gasteiger partial charge >= 0.3 is 11.9 Å². The largest absolute Gasteiger partial charge is 0.462 e. The van der Waals surface area contributed by atoms with Gasteiger partial charge in [-0.1, -0.05) is 252 Å². The molecule has 0 amide bonds. The van der Waals surface area contributed by atoms with Crippen molar-refractivity contribution in [2.45, 2.75) is 245 Å². The molecule has 1 N–H and O–H groups in total. The van der Waals surface area contributed by atoms with Gasteiger partial charge in [-0.2, -0.15) is 0 Å². The lowest BCUT2D eigenvalue weighted by Crippen LogP contribution is -2.28.